The summed E-state index contributed by atoms with van der Waals surface area (Å²) >= 11 is 0. The van der Waals surface area contributed by atoms with Crippen molar-refractivity contribution in [2.45, 2.75) is 50.8 Å². The molecule has 0 fully saturated rings. The number of nitriles is 1. The van der Waals surface area contributed by atoms with Crippen molar-refractivity contribution < 1.29 is 13.2 Å². The Balaban J connectivity index is 1.70. The summed E-state index contributed by atoms with van der Waals surface area (Å²) in [5.74, 6) is 0.808. The Hall–Kier alpha value is -3.57. The fraction of sp³-hybridized carbons (Fsp3) is 0.280. The van der Waals surface area contributed by atoms with Crippen LogP contribution in [0.25, 0.3) is 11.3 Å². The largest absolute Gasteiger partial charge is 0.463 e. The lowest BCUT2D eigenvalue weighted by Crippen LogP contribution is -2.17. The van der Waals surface area contributed by atoms with Crippen molar-refractivity contribution in [2.24, 2.45) is 0 Å². The van der Waals surface area contributed by atoms with Crippen LogP contribution in [0.3, 0.4) is 0 Å². The van der Waals surface area contributed by atoms with Gasteiger partial charge >= 0.3 is 0 Å². The van der Waals surface area contributed by atoms with Crippen LogP contribution in [0, 0.1) is 11.3 Å². The molecule has 0 radical (unpaired) electrons. The number of benzene rings is 1. The van der Waals surface area contributed by atoms with Gasteiger partial charge < -0.3 is 4.74 Å². The standard InChI is InChI=1S/C25H26N4O3S/c1-5-17-6-12-23(32-16-17)21-14-22-18(15-26)7-13-24(29(22)27-21)28-33(30,31)20-10-8-19(9-11-20)25(2,3)4/h7-14,16,28H,5-6H2,1-4H3. The number of hydrogen-bond donors (Lipinski definition) is 1. The maximum Gasteiger partial charge on any atom is 0.263 e. The van der Waals surface area contributed by atoms with E-state index in [1.807, 2.05) is 18.2 Å². The van der Waals surface area contributed by atoms with Crippen molar-refractivity contribution in [2.75, 3.05) is 4.72 Å². The molecule has 8 heteroatoms. The summed E-state index contributed by atoms with van der Waals surface area (Å²) in [4.78, 5) is 0.149. The van der Waals surface area contributed by atoms with Crippen LogP contribution in [-0.4, -0.2) is 18.0 Å². The Labute approximate surface area is 194 Å². The summed E-state index contributed by atoms with van der Waals surface area (Å²) in [5, 5.41) is 14.1. The van der Waals surface area contributed by atoms with Gasteiger partial charge in [0.1, 0.15) is 23.3 Å². The molecule has 170 valence electrons. The predicted molar refractivity (Wildman–Crippen MR) is 128 cm³/mol. The highest BCUT2D eigenvalue weighted by Gasteiger charge is 2.21. The molecule has 33 heavy (non-hydrogen) atoms. The van der Waals surface area contributed by atoms with Gasteiger partial charge in [-0.05, 0) is 65.8 Å². The SMILES string of the molecule is CCC1=COC(c2cc3c(C#N)ccc(NS(=O)(=O)c4ccc(C(C)(C)C)cc4)n3n2)=CC1. The van der Waals surface area contributed by atoms with Crippen LogP contribution < -0.4 is 4.72 Å². The van der Waals surface area contributed by atoms with Crippen LogP contribution in [0.2, 0.25) is 0 Å². The third-order valence-electron chi connectivity index (χ3n) is 5.62. The van der Waals surface area contributed by atoms with Gasteiger partial charge in [0.15, 0.2) is 0 Å². The smallest absolute Gasteiger partial charge is 0.263 e. The van der Waals surface area contributed by atoms with Crippen molar-refractivity contribution in [1.82, 2.24) is 9.61 Å². The third-order valence-corrected chi connectivity index (χ3v) is 6.99. The van der Waals surface area contributed by atoms with Crippen LogP contribution in [0.15, 0.2) is 65.3 Å². The molecule has 1 aromatic carbocycles. The summed E-state index contributed by atoms with van der Waals surface area (Å²) in [5.41, 5.74) is 3.53. The molecule has 0 saturated carbocycles. The first-order valence-corrected chi connectivity index (χ1v) is 12.2. The topological polar surface area (TPSA) is 96.5 Å². The summed E-state index contributed by atoms with van der Waals surface area (Å²) < 4.78 is 35.9. The molecule has 0 unspecified atom stereocenters. The van der Waals surface area contributed by atoms with Gasteiger partial charge in [0, 0.05) is 0 Å². The van der Waals surface area contributed by atoms with Gasteiger partial charge in [-0.1, -0.05) is 39.8 Å². The molecule has 2 aromatic heterocycles. The minimum atomic E-state index is -3.86. The van der Waals surface area contributed by atoms with Crippen LogP contribution in [0.4, 0.5) is 5.82 Å². The van der Waals surface area contributed by atoms with E-state index in [1.54, 1.807) is 30.5 Å². The van der Waals surface area contributed by atoms with Gasteiger partial charge in [0.25, 0.3) is 10.0 Å². The summed E-state index contributed by atoms with van der Waals surface area (Å²) in [7, 11) is -3.86. The number of anilines is 1. The molecule has 0 atom stereocenters. The molecule has 0 amide bonds. The first-order valence-electron chi connectivity index (χ1n) is 10.7. The Morgan fingerprint density at radius 1 is 1.18 bits per heavy atom. The lowest BCUT2D eigenvalue weighted by Gasteiger charge is -2.19. The highest BCUT2D eigenvalue weighted by atomic mass is 32.2. The van der Waals surface area contributed by atoms with Crippen LogP contribution in [0.1, 0.15) is 57.4 Å². The van der Waals surface area contributed by atoms with E-state index < -0.39 is 10.0 Å². The molecular weight excluding hydrogens is 436 g/mol. The van der Waals surface area contributed by atoms with Gasteiger partial charge in [-0.15, -0.1) is 0 Å². The van der Waals surface area contributed by atoms with Crippen molar-refractivity contribution in [3.8, 4) is 6.07 Å². The zero-order chi connectivity index (χ0) is 23.8. The molecule has 0 saturated heterocycles. The lowest BCUT2D eigenvalue weighted by molar-refractivity contribution is 0.416. The Morgan fingerprint density at radius 2 is 1.91 bits per heavy atom. The minimum absolute atomic E-state index is 0.0799. The van der Waals surface area contributed by atoms with Gasteiger partial charge in [-0.2, -0.15) is 10.4 Å². The molecule has 0 bridgehead atoms. The normalized spacial score (nSPS) is 14.3. The maximum absolute atomic E-state index is 13.1. The number of hydrogen-bond acceptors (Lipinski definition) is 5. The summed E-state index contributed by atoms with van der Waals surface area (Å²) in [6, 6.07) is 13.8. The van der Waals surface area contributed by atoms with E-state index >= 15 is 0 Å². The van der Waals surface area contributed by atoms with Crippen molar-refractivity contribution in [3.63, 3.8) is 0 Å². The number of ether oxygens (including phenoxy) is 1. The predicted octanol–water partition coefficient (Wildman–Crippen LogP) is 5.36. The van der Waals surface area contributed by atoms with Crippen LogP contribution in [-0.2, 0) is 20.2 Å². The molecule has 0 spiro atoms. The van der Waals surface area contributed by atoms with Gasteiger partial charge in [0.05, 0.1) is 22.2 Å². The number of rotatable bonds is 5. The first-order chi connectivity index (χ1) is 15.6. The average Bonchev–Trinajstić information content (AvgIpc) is 3.25. The van der Waals surface area contributed by atoms with Crippen molar-refractivity contribution >= 4 is 27.1 Å². The Morgan fingerprint density at radius 3 is 2.48 bits per heavy atom. The number of nitrogens with one attached hydrogen (secondary N) is 1. The minimum Gasteiger partial charge on any atom is -0.463 e. The Kier molecular flexibility index (Phi) is 5.76. The van der Waals surface area contributed by atoms with E-state index in [-0.39, 0.29) is 16.1 Å². The molecule has 0 aliphatic carbocycles. The average molecular weight is 463 g/mol. The van der Waals surface area contributed by atoms with Gasteiger partial charge in [0.2, 0.25) is 0 Å². The maximum atomic E-state index is 13.1. The lowest BCUT2D eigenvalue weighted by atomic mass is 9.87. The van der Waals surface area contributed by atoms with Crippen LogP contribution in [0.5, 0.6) is 0 Å². The van der Waals surface area contributed by atoms with Gasteiger partial charge in [-0.25, -0.2) is 12.9 Å². The second kappa shape index (κ2) is 8.41. The highest BCUT2D eigenvalue weighted by Crippen LogP contribution is 2.28. The molecule has 3 aromatic rings. The molecule has 1 N–H and O–H groups in total. The summed E-state index contributed by atoms with van der Waals surface area (Å²) in [6.45, 7) is 8.28. The van der Waals surface area contributed by atoms with E-state index in [4.69, 9.17) is 4.74 Å². The molecular formula is C25H26N4O3S. The molecule has 7 nitrogen and oxygen atoms in total. The zero-order valence-electron chi connectivity index (χ0n) is 19.1. The summed E-state index contributed by atoms with van der Waals surface area (Å²) in [6.07, 6.45) is 5.31. The number of fused-ring (bicyclic) bond motifs is 1. The molecule has 3 heterocycles. The number of allylic oxidation sites excluding steroid dienone is 2. The van der Waals surface area contributed by atoms with Crippen molar-refractivity contribution in [1.29, 1.82) is 5.26 Å². The van der Waals surface area contributed by atoms with E-state index in [1.165, 1.54) is 16.2 Å². The number of nitrogens with zero attached hydrogens (tertiary/aromatic N) is 3. The molecule has 1 aliphatic heterocycles. The quantitative estimate of drug-likeness (QED) is 0.551. The second-order valence-electron chi connectivity index (χ2n) is 8.97. The monoisotopic (exact) mass is 462 g/mol. The van der Waals surface area contributed by atoms with Gasteiger partial charge in [-0.3, -0.25) is 4.72 Å². The second-order valence-corrected chi connectivity index (χ2v) is 10.7. The molecule has 4 rings (SSSR count). The Bertz CT molecular complexity index is 1420. The van der Waals surface area contributed by atoms with E-state index in [9.17, 15) is 13.7 Å². The van der Waals surface area contributed by atoms with E-state index in [0.717, 1.165) is 18.4 Å². The van der Waals surface area contributed by atoms with E-state index in [0.29, 0.717) is 22.5 Å². The molecule has 1 aliphatic rings. The van der Waals surface area contributed by atoms with Crippen LogP contribution >= 0.6 is 0 Å². The zero-order valence-corrected chi connectivity index (χ0v) is 19.9. The fourth-order valence-electron chi connectivity index (χ4n) is 3.56. The fourth-order valence-corrected chi connectivity index (χ4v) is 4.60. The van der Waals surface area contributed by atoms with E-state index in [2.05, 4.69) is 43.6 Å². The number of sulfonamides is 1. The highest BCUT2D eigenvalue weighted by molar-refractivity contribution is 7.92. The third kappa shape index (κ3) is 4.50. The van der Waals surface area contributed by atoms with Crippen molar-refractivity contribution in [3.05, 3.63) is 77.2 Å². The number of aromatic nitrogens is 2. The first kappa shape index (κ1) is 22.6. The number of pyridine rings is 1.